The van der Waals surface area contributed by atoms with Crippen LogP contribution in [-0.4, -0.2) is 14.5 Å². The van der Waals surface area contributed by atoms with Gasteiger partial charge >= 0.3 is 0 Å². The van der Waals surface area contributed by atoms with Gasteiger partial charge in [-0.05, 0) is 29.7 Å². The molecule has 1 saturated carbocycles. The fraction of sp³-hybridized carbons (Fsp3) is 0.667. The summed E-state index contributed by atoms with van der Waals surface area (Å²) in [7, 11) is -3.30. The van der Waals surface area contributed by atoms with Crippen molar-refractivity contribution in [2.45, 2.75) is 43.4 Å². The average molecular weight is 273 g/mol. The van der Waals surface area contributed by atoms with E-state index in [1.54, 1.807) is 17.5 Å². The van der Waals surface area contributed by atoms with E-state index in [1.807, 2.05) is 0 Å². The molecule has 0 aliphatic heterocycles. The zero-order chi connectivity index (χ0) is 12.5. The first-order valence-electron chi connectivity index (χ1n) is 6.06. The van der Waals surface area contributed by atoms with Crippen LogP contribution >= 0.6 is 11.3 Å². The molecule has 2 rings (SSSR count). The Morgan fingerprint density at radius 1 is 1.35 bits per heavy atom. The summed E-state index contributed by atoms with van der Waals surface area (Å²) in [6.07, 6.45) is 3.28. The molecule has 0 bridgehead atoms. The lowest BCUT2D eigenvalue weighted by molar-refractivity contribution is 0.227. The fourth-order valence-corrected chi connectivity index (χ4v) is 4.79. The maximum Gasteiger partial charge on any atom is 0.250 e. The Balaban J connectivity index is 2.11. The molecule has 0 radical (unpaired) electrons. The first kappa shape index (κ1) is 13.1. The number of hydrogen-bond donors (Lipinski definition) is 1. The second-order valence-electron chi connectivity index (χ2n) is 4.93. The molecule has 1 aromatic rings. The lowest BCUT2D eigenvalue weighted by atomic mass is 9.78. The molecule has 3 nitrogen and oxygen atoms in total. The van der Waals surface area contributed by atoms with Crippen molar-refractivity contribution in [2.75, 3.05) is 0 Å². The van der Waals surface area contributed by atoms with Crippen molar-refractivity contribution in [2.24, 2.45) is 11.8 Å². The van der Waals surface area contributed by atoms with Crippen molar-refractivity contribution in [1.82, 2.24) is 4.72 Å². The molecule has 5 heteroatoms. The molecule has 3 atom stereocenters. The molecule has 1 aromatic heterocycles. The van der Waals surface area contributed by atoms with Gasteiger partial charge in [0.15, 0.2) is 0 Å². The summed E-state index contributed by atoms with van der Waals surface area (Å²) < 4.78 is 27.5. The quantitative estimate of drug-likeness (QED) is 0.920. The zero-order valence-corrected chi connectivity index (χ0v) is 11.9. The molecule has 1 fully saturated rings. The van der Waals surface area contributed by atoms with Gasteiger partial charge in [-0.3, -0.25) is 0 Å². The minimum absolute atomic E-state index is 0.0887. The second kappa shape index (κ2) is 5.08. The summed E-state index contributed by atoms with van der Waals surface area (Å²) in [5, 5.41) is 1.79. The topological polar surface area (TPSA) is 46.2 Å². The average Bonchev–Trinajstić information content (AvgIpc) is 2.78. The van der Waals surface area contributed by atoms with Crippen LogP contribution in [0.3, 0.4) is 0 Å². The van der Waals surface area contributed by atoms with Crippen LogP contribution in [0.5, 0.6) is 0 Å². The summed E-state index contributed by atoms with van der Waals surface area (Å²) >= 11 is 1.27. The van der Waals surface area contributed by atoms with Crippen molar-refractivity contribution in [3.63, 3.8) is 0 Å². The van der Waals surface area contributed by atoms with Crippen molar-refractivity contribution in [1.29, 1.82) is 0 Å². The van der Waals surface area contributed by atoms with Crippen LogP contribution < -0.4 is 4.72 Å². The van der Waals surface area contributed by atoms with Gasteiger partial charge in [0.2, 0.25) is 10.0 Å². The Morgan fingerprint density at radius 3 is 2.76 bits per heavy atom. The van der Waals surface area contributed by atoms with Gasteiger partial charge in [0.25, 0.3) is 0 Å². The van der Waals surface area contributed by atoms with Crippen molar-refractivity contribution >= 4 is 21.4 Å². The normalized spacial score (nSPS) is 30.4. The van der Waals surface area contributed by atoms with Crippen molar-refractivity contribution in [3.8, 4) is 0 Å². The third kappa shape index (κ3) is 2.89. The van der Waals surface area contributed by atoms with Crippen LogP contribution in [0.1, 0.15) is 33.1 Å². The molecule has 1 aliphatic rings. The summed E-state index contributed by atoms with van der Waals surface area (Å²) in [4.78, 5) is 0. The Hall–Kier alpha value is -0.390. The monoisotopic (exact) mass is 273 g/mol. The van der Waals surface area contributed by atoms with E-state index in [-0.39, 0.29) is 6.04 Å². The molecular weight excluding hydrogens is 254 g/mol. The van der Waals surface area contributed by atoms with Gasteiger partial charge in [-0.1, -0.05) is 32.8 Å². The van der Waals surface area contributed by atoms with Gasteiger partial charge in [0.05, 0.1) is 0 Å². The number of nitrogens with one attached hydrogen (secondary N) is 1. The Kier molecular flexibility index (Phi) is 3.90. The lowest BCUT2D eigenvalue weighted by Crippen LogP contribution is -2.43. The number of thiophene rings is 1. The van der Waals surface area contributed by atoms with E-state index in [4.69, 9.17) is 0 Å². The molecule has 0 saturated heterocycles. The first-order chi connectivity index (χ1) is 8.00. The molecule has 0 unspecified atom stereocenters. The minimum atomic E-state index is -3.30. The highest BCUT2D eigenvalue weighted by Gasteiger charge is 2.30. The fourth-order valence-electron chi connectivity index (χ4n) is 2.42. The highest BCUT2D eigenvalue weighted by atomic mass is 32.2. The molecule has 0 amide bonds. The van der Waals surface area contributed by atoms with Gasteiger partial charge in [-0.15, -0.1) is 11.3 Å². The van der Waals surface area contributed by atoms with E-state index in [9.17, 15) is 8.42 Å². The number of rotatable bonds is 3. The van der Waals surface area contributed by atoms with E-state index in [0.29, 0.717) is 16.0 Å². The first-order valence-corrected chi connectivity index (χ1v) is 8.43. The number of sulfonamides is 1. The molecule has 0 aromatic carbocycles. The largest absolute Gasteiger partial charge is 0.250 e. The molecule has 1 aliphatic carbocycles. The smallest absolute Gasteiger partial charge is 0.207 e. The van der Waals surface area contributed by atoms with Crippen molar-refractivity contribution < 1.29 is 8.42 Å². The third-order valence-electron chi connectivity index (χ3n) is 3.77. The van der Waals surface area contributed by atoms with Crippen molar-refractivity contribution in [3.05, 3.63) is 17.5 Å². The molecule has 1 N–H and O–H groups in total. The second-order valence-corrected chi connectivity index (χ2v) is 7.82. The Labute approximate surface area is 107 Å². The van der Waals surface area contributed by atoms with Gasteiger partial charge in [0.1, 0.15) is 4.21 Å². The Morgan fingerprint density at radius 2 is 2.12 bits per heavy atom. The zero-order valence-electron chi connectivity index (χ0n) is 10.2. The summed E-state index contributed by atoms with van der Waals surface area (Å²) in [6.45, 7) is 4.35. The SMILES string of the molecule is C[C@H]1[C@H](C)CCC[C@H]1NS(=O)(=O)c1cccs1. The van der Waals surface area contributed by atoms with E-state index < -0.39 is 10.0 Å². The number of hydrogen-bond acceptors (Lipinski definition) is 3. The third-order valence-corrected chi connectivity index (χ3v) is 6.66. The lowest BCUT2D eigenvalue weighted by Gasteiger charge is -2.34. The van der Waals surface area contributed by atoms with Crippen LogP contribution in [0, 0.1) is 11.8 Å². The van der Waals surface area contributed by atoms with Crippen LogP contribution in [0.2, 0.25) is 0 Å². The summed E-state index contributed by atoms with van der Waals surface area (Å²) in [6, 6.07) is 3.52. The predicted octanol–water partition coefficient (Wildman–Crippen LogP) is 2.85. The van der Waals surface area contributed by atoms with Gasteiger partial charge in [0, 0.05) is 6.04 Å². The standard InChI is InChI=1S/C12H19NO2S2/c1-9-5-3-6-11(10(9)2)13-17(14,15)12-7-4-8-16-12/h4,7-11,13H,3,5-6H2,1-2H3/t9-,10+,11-/m1/s1. The van der Waals surface area contributed by atoms with Gasteiger partial charge in [-0.25, -0.2) is 13.1 Å². The van der Waals surface area contributed by atoms with Crippen LogP contribution in [0.25, 0.3) is 0 Å². The molecule has 96 valence electrons. The predicted molar refractivity (Wildman–Crippen MR) is 70.6 cm³/mol. The van der Waals surface area contributed by atoms with E-state index in [1.165, 1.54) is 17.8 Å². The Bertz CT molecular complexity index is 453. The maximum atomic E-state index is 12.1. The highest BCUT2D eigenvalue weighted by Crippen LogP contribution is 2.30. The van der Waals surface area contributed by atoms with Crippen LogP contribution in [0.15, 0.2) is 21.7 Å². The van der Waals surface area contributed by atoms with E-state index in [0.717, 1.165) is 12.8 Å². The van der Waals surface area contributed by atoms with E-state index in [2.05, 4.69) is 18.6 Å². The highest BCUT2D eigenvalue weighted by molar-refractivity contribution is 7.91. The summed E-state index contributed by atoms with van der Waals surface area (Å²) in [5.41, 5.74) is 0. The maximum absolute atomic E-state index is 12.1. The van der Waals surface area contributed by atoms with Gasteiger partial charge in [-0.2, -0.15) is 0 Å². The van der Waals surface area contributed by atoms with Crippen LogP contribution in [0.4, 0.5) is 0 Å². The van der Waals surface area contributed by atoms with E-state index >= 15 is 0 Å². The molecular formula is C12H19NO2S2. The van der Waals surface area contributed by atoms with Gasteiger partial charge < -0.3 is 0 Å². The summed E-state index contributed by atoms with van der Waals surface area (Å²) in [5.74, 6) is 1.01. The molecule has 0 spiro atoms. The van der Waals surface area contributed by atoms with Crippen LogP contribution in [-0.2, 0) is 10.0 Å². The minimum Gasteiger partial charge on any atom is -0.207 e. The molecule has 17 heavy (non-hydrogen) atoms. The molecule has 1 heterocycles.